The highest BCUT2D eigenvalue weighted by Crippen LogP contribution is 2.26. The van der Waals surface area contributed by atoms with Crippen LogP contribution in [0.3, 0.4) is 0 Å². The molecular formula is C17H16N2O4S. The first-order valence-electron chi connectivity index (χ1n) is 7.39. The number of aliphatic carboxylic acids is 1. The van der Waals surface area contributed by atoms with Crippen molar-refractivity contribution >= 4 is 27.5 Å². The summed E-state index contributed by atoms with van der Waals surface area (Å²) in [5, 5.41) is 9.56. The van der Waals surface area contributed by atoms with Crippen LogP contribution in [-0.4, -0.2) is 20.2 Å². The lowest BCUT2D eigenvalue weighted by atomic mass is 10.2. The third-order valence-corrected chi connectivity index (χ3v) is 5.24. The number of rotatable bonds is 4. The van der Waals surface area contributed by atoms with Crippen molar-refractivity contribution in [1.82, 2.24) is 9.13 Å². The normalized spacial score (nSPS) is 11.1. The van der Waals surface area contributed by atoms with Gasteiger partial charge in [0.15, 0.2) is 0 Å². The monoisotopic (exact) mass is 344 g/mol. The molecule has 7 heteroatoms. The fraction of sp³-hybridized carbons (Fsp3) is 0.235. The predicted molar refractivity (Wildman–Crippen MR) is 93.0 cm³/mol. The Labute approximate surface area is 141 Å². The average molecular weight is 344 g/mol. The van der Waals surface area contributed by atoms with Crippen LogP contribution >= 0.6 is 11.3 Å². The van der Waals surface area contributed by atoms with Gasteiger partial charge in [-0.1, -0.05) is 30.3 Å². The highest BCUT2D eigenvalue weighted by atomic mass is 32.1. The Morgan fingerprint density at radius 2 is 1.79 bits per heavy atom. The van der Waals surface area contributed by atoms with Crippen LogP contribution in [0.1, 0.15) is 16.0 Å². The standard InChI is InChI=1S/C17H16N2O4S/c1-10-11(2)24-16-14(10)15(22)18(8-12-6-4-3-5-7-12)17(23)19(16)9-13(20)21/h3-7H,8-9H2,1-2H3,(H,20,21). The Balaban J connectivity index is 2.33. The maximum atomic E-state index is 12.8. The molecule has 2 aromatic heterocycles. The summed E-state index contributed by atoms with van der Waals surface area (Å²) in [4.78, 5) is 38.1. The number of nitrogens with zero attached hydrogens (tertiary/aromatic N) is 2. The van der Waals surface area contributed by atoms with Crippen molar-refractivity contribution in [3.8, 4) is 0 Å². The molecule has 0 atom stereocenters. The van der Waals surface area contributed by atoms with Crippen molar-refractivity contribution in [2.45, 2.75) is 26.9 Å². The molecule has 0 radical (unpaired) electrons. The summed E-state index contributed by atoms with van der Waals surface area (Å²) >= 11 is 1.28. The summed E-state index contributed by atoms with van der Waals surface area (Å²) in [5.41, 5.74) is 0.630. The molecule has 0 aliphatic carbocycles. The second-order valence-electron chi connectivity index (χ2n) is 5.60. The smallest absolute Gasteiger partial charge is 0.332 e. The van der Waals surface area contributed by atoms with Crippen molar-refractivity contribution in [2.24, 2.45) is 0 Å². The van der Waals surface area contributed by atoms with E-state index in [1.165, 1.54) is 15.9 Å². The highest BCUT2D eigenvalue weighted by Gasteiger charge is 2.19. The fourth-order valence-corrected chi connectivity index (χ4v) is 3.83. The summed E-state index contributed by atoms with van der Waals surface area (Å²) in [6.45, 7) is 3.32. The summed E-state index contributed by atoms with van der Waals surface area (Å²) in [6.07, 6.45) is 0. The van der Waals surface area contributed by atoms with Crippen molar-refractivity contribution in [3.05, 3.63) is 67.2 Å². The fourth-order valence-electron chi connectivity index (χ4n) is 2.69. The van der Waals surface area contributed by atoms with Gasteiger partial charge < -0.3 is 5.11 Å². The zero-order valence-electron chi connectivity index (χ0n) is 13.3. The number of carbonyl (C=O) groups is 1. The van der Waals surface area contributed by atoms with E-state index in [0.29, 0.717) is 10.2 Å². The third-order valence-electron chi connectivity index (χ3n) is 4.01. The van der Waals surface area contributed by atoms with Gasteiger partial charge in [0.1, 0.15) is 11.4 Å². The average Bonchev–Trinajstić information content (AvgIpc) is 2.84. The number of fused-ring (bicyclic) bond motifs is 1. The minimum atomic E-state index is -1.12. The minimum absolute atomic E-state index is 0.113. The summed E-state index contributed by atoms with van der Waals surface area (Å²) in [7, 11) is 0. The topological polar surface area (TPSA) is 81.3 Å². The first-order chi connectivity index (χ1) is 11.4. The molecule has 1 N–H and O–H groups in total. The van der Waals surface area contributed by atoms with E-state index >= 15 is 0 Å². The molecule has 24 heavy (non-hydrogen) atoms. The van der Waals surface area contributed by atoms with Gasteiger partial charge in [-0.05, 0) is 25.0 Å². The Morgan fingerprint density at radius 1 is 1.12 bits per heavy atom. The van der Waals surface area contributed by atoms with Gasteiger partial charge in [0.05, 0.1) is 11.9 Å². The van der Waals surface area contributed by atoms with Gasteiger partial charge in [0.2, 0.25) is 0 Å². The number of carboxylic acid groups (broad SMARTS) is 1. The van der Waals surface area contributed by atoms with E-state index in [4.69, 9.17) is 5.11 Å². The Bertz CT molecular complexity index is 1040. The minimum Gasteiger partial charge on any atom is -0.480 e. The van der Waals surface area contributed by atoms with Crippen LogP contribution in [-0.2, 0) is 17.9 Å². The summed E-state index contributed by atoms with van der Waals surface area (Å²) < 4.78 is 2.28. The van der Waals surface area contributed by atoms with Crippen LogP contribution in [0.4, 0.5) is 0 Å². The zero-order chi connectivity index (χ0) is 17.4. The van der Waals surface area contributed by atoms with Crippen molar-refractivity contribution in [3.63, 3.8) is 0 Å². The predicted octanol–water partition coefficient (Wildman–Crippen LogP) is 1.97. The second-order valence-corrected chi connectivity index (χ2v) is 6.81. The van der Waals surface area contributed by atoms with E-state index in [-0.39, 0.29) is 12.1 Å². The van der Waals surface area contributed by atoms with Crippen molar-refractivity contribution in [1.29, 1.82) is 0 Å². The van der Waals surface area contributed by atoms with Gasteiger partial charge in [-0.3, -0.25) is 18.7 Å². The first kappa shape index (κ1) is 16.2. The van der Waals surface area contributed by atoms with Crippen LogP contribution in [0.5, 0.6) is 0 Å². The van der Waals surface area contributed by atoms with E-state index in [0.717, 1.165) is 20.6 Å². The zero-order valence-corrected chi connectivity index (χ0v) is 14.1. The maximum Gasteiger partial charge on any atom is 0.332 e. The molecule has 3 aromatic rings. The number of hydrogen-bond acceptors (Lipinski definition) is 4. The van der Waals surface area contributed by atoms with Crippen LogP contribution in [0, 0.1) is 13.8 Å². The van der Waals surface area contributed by atoms with Crippen molar-refractivity contribution in [2.75, 3.05) is 0 Å². The maximum absolute atomic E-state index is 12.8. The molecule has 0 unspecified atom stereocenters. The van der Waals surface area contributed by atoms with Crippen LogP contribution in [0.25, 0.3) is 10.2 Å². The molecule has 0 bridgehead atoms. The second kappa shape index (κ2) is 6.09. The molecule has 0 saturated heterocycles. The quantitative estimate of drug-likeness (QED) is 0.785. The summed E-state index contributed by atoms with van der Waals surface area (Å²) in [5.74, 6) is -1.12. The molecule has 0 aliphatic heterocycles. The van der Waals surface area contributed by atoms with Crippen molar-refractivity contribution < 1.29 is 9.90 Å². The Hall–Kier alpha value is -2.67. The Kier molecular flexibility index (Phi) is 4.11. The molecule has 2 heterocycles. The largest absolute Gasteiger partial charge is 0.480 e. The molecule has 6 nitrogen and oxygen atoms in total. The third kappa shape index (κ3) is 2.67. The lowest BCUT2D eigenvalue weighted by molar-refractivity contribution is -0.137. The number of aromatic nitrogens is 2. The number of carboxylic acids is 1. The van der Waals surface area contributed by atoms with Gasteiger partial charge in [0.25, 0.3) is 5.56 Å². The molecular weight excluding hydrogens is 328 g/mol. The molecule has 0 saturated carbocycles. The number of benzene rings is 1. The first-order valence-corrected chi connectivity index (χ1v) is 8.21. The van der Waals surface area contributed by atoms with Gasteiger partial charge in [-0.15, -0.1) is 11.3 Å². The van der Waals surface area contributed by atoms with Gasteiger partial charge >= 0.3 is 11.7 Å². The van der Waals surface area contributed by atoms with E-state index in [9.17, 15) is 14.4 Å². The number of hydrogen-bond donors (Lipinski definition) is 1. The Morgan fingerprint density at radius 3 is 2.42 bits per heavy atom. The summed E-state index contributed by atoms with van der Waals surface area (Å²) in [6, 6.07) is 9.15. The number of aryl methyl sites for hydroxylation is 2. The van der Waals surface area contributed by atoms with E-state index < -0.39 is 18.2 Å². The van der Waals surface area contributed by atoms with E-state index in [1.54, 1.807) is 0 Å². The van der Waals surface area contributed by atoms with Gasteiger partial charge in [0, 0.05) is 4.88 Å². The van der Waals surface area contributed by atoms with Crippen LogP contribution in [0.15, 0.2) is 39.9 Å². The molecule has 1 aromatic carbocycles. The molecule has 0 spiro atoms. The highest BCUT2D eigenvalue weighted by molar-refractivity contribution is 7.18. The lowest BCUT2D eigenvalue weighted by Gasteiger charge is -2.11. The molecule has 0 aliphatic rings. The lowest BCUT2D eigenvalue weighted by Crippen LogP contribution is -2.41. The molecule has 124 valence electrons. The molecule has 0 fully saturated rings. The van der Waals surface area contributed by atoms with Crippen LogP contribution < -0.4 is 11.2 Å². The molecule has 3 rings (SSSR count). The molecule has 0 amide bonds. The van der Waals surface area contributed by atoms with Gasteiger partial charge in [-0.2, -0.15) is 0 Å². The SMILES string of the molecule is Cc1sc2c(c1C)c(=O)n(Cc1ccccc1)c(=O)n2CC(=O)O. The van der Waals surface area contributed by atoms with Gasteiger partial charge in [-0.25, -0.2) is 4.79 Å². The van der Waals surface area contributed by atoms with E-state index in [2.05, 4.69) is 0 Å². The number of thiophene rings is 1. The van der Waals surface area contributed by atoms with E-state index in [1.807, 2.05) is 44.2 Å². The van der Waals surface area contributed by atoms with Crippen LogP contribution in [0.2, 0.25) is 0 Å².